The number of hydrogen-bond donors (Lipinski definition) is 2. The molecule has 26 heavy (non-hydrogen) atoms. The van der Waals surface area contributed by atoms with Gasteiger partial charge in [0.25, 0.3) is 0 Å². The predicted octanol–water partition coefficient (Wildman–Crippen LogP) is 2.59. The molecule has 0 saturated carbocycles. The minimum absolute atomic E-state index is 0.107. The Labute approximate surface area is 149 Å². The Morgan fingerprint density at radius 1 is 0.731 bits per heavy atom. The molecule has 2 unspecified atom stereocenters. The lowest BCUT2D eigenvalue weighted by atomic mass is 10.1. The van der Waals surface area contributed by atoms with E-state index >= 15 is 0 Å². The maximum atomic E-state index is 12.1. The summed E-state index contributed by atoms with van der Waals surface area (Å²) in [6.07, 6.45) is -3.74. The van der Waals surface area contributed by atoms with E-state index in [1.807, 2.05) is 0 Å². The van der Waals surface area contributed by atoms with Gasteiger partial charge in [-0.3, -0.25) is 0 Å². The minimum Gasteiger partial charge on any atom is -0.509 e. The van der Waals surface area contributed by atoms with E-state index in [2.05, 4.69) is 6.58 Å². The summed E-state index contributed by atoms with van der Waals surface area (Å²) in [5.41, 5.74) is 0.243. The maximum absolute atomic E-state index is 12.1. The molecule has 7 nitrogen and oxygen atoms in total. The second-order valence-corrected chi connectivity index (χ2v) is 5.21. The average molecular weight is 356 g/mol. The van der Waals surface area contributed by atoms with Crippen molar-refractivity contribution in [3.05, 3.63) is 84.1 Å². The number of carbonyl (C=O) groups excluding carboxylic acids is 2. The number of aliphatic hydroxyl groups is 1. The van der Waals surface area contributed by atoms with Gasteiger partial charge in [-0.2, -0.15) is 0 Å². The summed E-state index contributed by atoms with van der Waals surface area (Å²) in [6, 6.07) is 15.4. The quantitative estimate of drug-likeness (QED) is 0.579. The second-order valence-electron chi connectivity index (χ2n) is 5.21. The lowest BCUT2D eigenvalue weighted by molar-refractivity contribution is -0.153. The highest BCUT2D eigenvalue weighted by Crippen LogP contribution is 2.16. The number of rotatable bonds is 7. The number of carbonyl (C=O) groups is 3. The lowest BCUT2D eigenvalue weighted by Crippen LogP contribution is -2.42. The molecule has 2 rings (SSSR count). The molecule has 2 N–H and O–H groups in total. The van der Waals surface area contributed by atoms with Crippen LogP contribution in [0.5, 0.6) is 0 Å². The van der Waals surface area contributed by atoms with Gasteiger partial charge in [0.05, 0.1) is 11.1 Å². The Bertz CT molecular complexity index is 730. The van der Waals surface area contributed by atoms with Crippen LogP contribution in [0.25, 0.3) is 0 Å². The van der Waals surface area contributed by atoms with Crippen molar-refractivity contribution in [3.63, 3.8) is 0 Å². The van der Waals surface area contributed by atoms with Gasteiger partial charge in [0.2, 0.25) is 12.2 Å². The first kappa shape index (κ1) is 18.7. The summed E-state index contributed by atoms with van der Waals surface area (Å²) in [5, 5.41) is 19.0. The number of benzene rings is 2. The number of esters is 2. The van der Waals surface area contributed by atoms with Crippen LogP contribution in [0, 0.1) is 0 Å². The van der Waals surface area contributed by atoms with Gasteiger partial charge in [-0.1, -0.05) is 43.0 Å². The normalized spacial score (nSPS) is 12.5. The largest absolute Gasteiger partial charge is 0.509 e. The molecule has 0 aromatic heterocycles. The van der Waals surface area contributed by atoms with Gasteiger partial charge in [-0.15, -0.1) is 0 Å². The predicted molar refractivity (Wildman–Crippen MR) is 90.7 cm³/mol. The second kappa shape index (κ2) is 8.48. The van der Waals surface area contributed by atoms with E-state index in [0.717, 1.165) is 0 Å². The average Bonchev–Trinajstić information content (AvgIpc) is 2.65. The fraction of sp³-hybridized carbons (Fsp3) is 0.105. The highest BCUT2D eigenvalue weighted by Gasteiger charge is 2.37. The standard InChI is InChI=1S/C19H16O7/c1-12(20)15(25-18(23)13-8-4-2-5-9-13)16(17(21)22)26-19(24)14-10-6-3-7-11-14/h2-11,15-16,20H,1H2,(H,21,22). The van der Waals surface area contributed by atoms with Crippen LogP contribution in [0.15, 0.2) is 73.0 Å². The fourth-order valence-electron chi connectivity index (χ4n) is 2.06. The number of carboxylic acid groups (broad SMARTS) is 1. The van der Waals surface area contributed by atoms with Crippen LogP contribution in [0.3, 0.4) is 0 Å². The topological polar surface area (TPSA) is 110 Å². The molecule has 0 heterocycles. The molecule has 2 aromatic rings. The molecule has 0 spiro atoms. The smallest absolute Gasteiger partial charge is 0.349 e. The van der Waals surface area contributed by atoms with Crippen LogP contribution in [0.1, 0.15) is 20.7 Å². The third kappa shape index (κ3) is 4.70. The number of carboxylic acids is 1. The van der Waals surface area contributed by atoms with Gasteiger partial charge in [0.15, 0.2) is 0 Å². The highest BCUT2D eigenvalue weighted by atomic mass is 16.6. The minimum atomic E-state index is -1.96. The molecule has 0 amide bonds. The van der Waals surface area contributed by atoms with Crippen molar-refractivity contribution in [3.8, 4) is 0 Å². The van der Waals surface area contributed by atoms with E-state index in [-0.39, 0.29) is 11.1 Å². The van der Waals surface area contributed by atoms with E-state index in [4.69, 9.17) is 9.47 Å². The van der Waals surface area contributed by atoms with Crippen molar-refractivity contribution in [2.45, 2.75) is 12.2 Å². The Hall–Kier alpha value is -3.61. The van der Waals surface area contributed by atoms with Crippen LogP contribution in [-0.4, -0.2) is 40.3 Å². The van der Waals surface area contributed by atoms with E-state index < -0.39 is 35.9 Å². The van der Waals surface area contributed by atoms with Gasteiger partial charge in [-0.05, 0) is 24.3 Å². The zero-order chi connectivity index (χ0) is 19.1. The fourth-order valence-corrected chi connectivity index (χ4v) is 2.06. The molecule has 0 fully saturated rings. The molecule has 134 valence electrons. The van der Waals surface area contributed by atoms with E-state index in [1.165, 1.54) is 24.3 Å². The lowest BCUT2D eigenvalue weighted by Gasteiger charge is -2.23. The number of ether oxygens (including phenoxy) is 2. The molecule has 2 aromatic carbocycles. The molecule has 0 aliphatic carbocycles. The molecule has 0 radical (unpaired) electrons. The van der Waals surface area contributed by atoms with Crippen molar-refractivity contribution in [2.24, 2.45) is 0 Å². The summed E-state index contributed by atoms with van der Waals surface area (Å²) < 4.78 is 9.93. The summed E-state index contributed by atoms with van der Waals surface area (Å²) >= 11 is 0. The van der Waals surface area contributed by atoms with Gasteiger partial charge in [-0.25, -0.2) is 14.4 Å². The van der Waals surface area contributed by atoms with Crippen molar-refractivity contribution < 1.29 is 34.1 Å². The van der Waals surface area contributed by atoms with Crippen LogP contribution in [0.4, 0.5) is 0 Å². The van der Waals surface area contributed by atoms with Gasteiger partial charge in [0, 0.05) is 0 Å². The van der Waals surface area contributed by atoms with Crippen molar-refractivity contribution >= 4 is 17.9 Å². The Balaban J connectivity index is 2.20. The molecule has 0 bridgehead atoms. The molecule has 7 heteroatoms. The van der Waals surface area contributed by atoms with Gasteiger partial charge in [0.1, 0.15) is 5.76 Å². The van der Waals surface area contributed by atoms with Crippen molar-refractivity contribution in [1.82, 2.24) is 0 Å². The first-order chi connectivity index (χ1) is 12.4. The maximum Gasteiger partial charge on any atom is 0.349 e. The SMILES string of the molecule is C=C(O)C(OC(=O)c1ccccc1)C(OC(=O)c1ccccc1)C(=O)O. The summed E-state index contributed by atoms with van der Waals surface area (Å²) in [4.78, 5) is 35.7. The number of hydrogen-bond acceptors (Lipinski definition) is 6. The molecule has 0 aliphatic heterocycles. The molecular weight excluding hydrogens is 340 g/mol. The zero-order valence-electron chi connectivity index (χ0n) is 13.6. The van der Waals surface area contributed by atoms with Gasteiger partial charge < -0.3 is 19.7 Å². The monoisotopic (exact) mass is 356 g/mol. The first-order valence-electron chi connectivity index (χ1n) is 7.52. The van der Waals surface area contributed by atoms with Crippen molar-refractivity contribution in [1.29, 1.82) is 0 Å². The third-order valence-corrected chi connectivity index (χ3v) is 3.33. The van der Waals surface area contributed by atoms with Crippen LogP contribution >= 0.6 is 0 Å². The highest BCUT2D eigenvalue weighted by molar-refractivity contribution is 5.92. The Kier molecular flexibility index (Phi) is 6.10. The summed E-state index contributed by atoms with van der Waals surface area (Å²) in [7, 11) is 0. The van der Waals surface area contributed by atoms with Gasteiger partial charge >= 0.3 is 17.9 Å². The summed E-state index contributed by atoms with van der Waals surface area (Å²) in [5.74, 6) is -4.20. The molecular formula is C19H16O7. The number of aliphatic hydroxyl groups excluding tert-OH is 1. The Morgan fingerprint density at radius 3 is 1.46 bits per heavy atom. The van der Waals surface area contributed by atoms with Crippen LogP contribution in [0.2, 0.25) is 0 Å². The van der Waals surface area contributed by atoms with E-state index in [0.29, 0.717) is 0 Å². The first-order valence-corrected chi connectivity index (χ1v) is 7.52. The van der Waals surface area contributed by atoms with Crippen LogP contribution < -0.4 is 0 Å². The molecule has 0 saturated heterocycles. The molecule has 2 atom stereocenters. The third-order valence-electron chi connectivity index (χ3n) is 3.33. The molecule has 0 aliphatic rings. The van der Waals surface area contributed by atoms with E-state index in [9.17, 15) is 24.6 Å². The van der Waals surface area contributed by atoms with Crippen molar-refractivity contribution in [2.75, 3.05) is 0 Å². The van der Waals surface area contributed by atoms with E-state index in [1.54, 1.807) is 36.4 Å². The van der Waals surface area contributed by atoms with Crippen LogP contribution in [-0.2, 0) is 14.3 Å². The Morgan fingerprint density at radius 2 is 1.12 bits per heavy atom. The zero-order valence-corrected chi connectivity index (χ0v) is 13.6. The number of aliphatic carboxylic acids is 1. The summed E-state index contributed by atoms with van der Waals surface area (Å²) in [6.45, 7) is 3.21.